The first-order chi connectivity index (χ1) is 8.58. The van der Waals surface area contributed by atoms with Crippen LogP contribution in [0.4, 0.5) is 0 Å². The summed E-state index contributed by atoms with van der Waals surface area (Å²) < 4.78 is 0. The Morgan fingerprint density at radius 3 is 1.10 bits per heavy atom. The third-order valence-corrected chi connectivity index (χ3v) is 2.60. The van der Waals surface area contributed by atoms with E-state index in [1.54, 1.807) is 24.3 Å². The zero-order chi connectivity index (χ0) is 13.1. The molecule has 2 aromatic rings. The summed E-state index contributed by atoms with van der Waals surface area (Å²) in [7, 11) is 0. The Labute approximate surface area is 163 Å². The third-order valence-electron chi connectivity index (χ3n) is 2.60. The summed E-state index contributed by atoms with van der Waals surface area (Å²) in [4.78, 5) is 21.4. The van der Waals surface area contributed by atoms with Gasteiger partial charge in [-0.05, 0) is 35.4 Å². The van der Waals surface area contributed by atoms with Crippen LogP contribution in [0.25, 0.3) is 11.1 Å². The second-order valence-electron chi connectivity index (χ2n) is 3.77. The summed E-state index contributed by atoms with van der Waals surface area (Å²) in [5, 5.41) is 17.6. The second kappa shape index (κ2) is 8.62. The first-order valence-corrected chi connectivity index (χ1v) is 5.25. The molecule has 20 heavy (non-hydrogen) atoms. The van der Waals surface area contributed by atoms with Crippen LogP contribution in [0.2, 0.25) is 0 Å². The summed E-state index contributed by atoms with van der Waals surface area (Å²) in [6.07, 6.45) is 0. The Morgan fingerprint density at radius 1 is 0.650 bits per heavy atom. The van der Waals surface area contributed by atoms with E-state index in [4.69, 9.17) is 10.2 Å². The minimum atomic E-state index is -0.970. The number of carboxylic acids is 2. The Bertz CT molecular complexity index is 546. The van der Waals surface area contributed by atoms with Gasteiger partial charge in [-0.1, -0.05) is 24.3 Å². The molecule has 0 atom stereocenters. The largest absolute Gasteiger partial charge is 1.00 e. The molecular weight excluding hydrogens is 278 g/mol. The van der Waals surface area contributed by atoms with Crippen LogP contribution in [0.15, 0.2) is 48.5 Å². The normalized spacial score (nSPS) is 9.00. The summed E-state index contributed by atoms with van der Waals surface area (Å²) in [6.45, 7) is 0. The van der Waals surface area contributed by atoms with Crippen LogP contribution >= 0.6 is 0 Å². The molecule has 94 valence electrons. The molecule has 2 aromatic carbocycles. The van der Waals surface area contributed by atoms with Gasteiger partial charge < -0.3 is 13.1 Å². The number of hydrogen-bond acceptors (Lipinski definition) is 2. The average Bonchev–Trinajstić information content (AvgIpc) is 2.39. The van der Waals surface area contributed by atoms with E-state index in [9.17, 15) is 9.59 Å². The first-order valence-electron chi connectivity index (χ1n) is 5.25. The van der Waals surface area contributed by atoms with Crippen molar-refractivity contribution in [3.8, 4) is 11.1 Å². The molecule has 0 aromatic heterocycles. The van der Waals surface area contributed by atoms with E-state index in [-0.39, 0.29) is 73.1 Å². The molecule has 0 heterocycles. The van der Waals surface area contributed by atoms with Gasteiger partial charge in [-0.15, -0.1) is 0 Å². The van der Waals surface area contributed by atoms with Gasteiger partial charge in [0, 0.05) is 0 Å². The van der Waals surface area contributed by atoms with Gasteiger partial charge in [0.2, 0.25) is 0 Å². The number of carboxylic acid groups (broad SMARTS) is 2. The molecule has 0 saturated heterocycles. The standard InChI is InChI=1S/C14H10O4.2Na.2H/c15-13(16)11-5-1-9(2-6-11)10-3-7-12(8-4-10)14(17)18;;;;/h1-8H,(H,15,16)(H,17,18);;;;/q;2*+1;2*-1. The van der Waals surface area contributed by atoms with Crippen molar-refractivity contribution in [3.63, 3.8) is 0 Å². The van der Waals surface area contributed by atoms with Crippen molar-refractivity contribution in [2.45, 2.75) is 0 Å². The Morgan fingerprint density at radius 2 is 0.900 bits per heavy atom. The van der Waals surface area contributed by atoms with Crippen LogP contribution in [0, 0.1) is 0 Å². The van der Waals surface area contributed by atoms with Crippen LogP contribution in [0.3, 0.4) is 0 Å². The zero-order valence-electron chi connectivity index (χ0n) is 13.3. The van der Waals surface area contributed by atoms with Crippen LogP contribution in [0.1, 0.15) is 23.6 Å². The van der Waals surface area contributed by atoms with Gasteiger partial charge in [-0.2, -0.15) is 0 Å². The topological polar surface area (TPSA) is 74.6 Å². The maximum absolute atomic E-state index is 10.7. The van der Waals surface area contributed by atoms with Crippen molar-refractivity contribution in [1.29, 1.82) is 0 Å². The number of rotatable bonds is 3. The molecule has 0 amide bonds. The van der Waals surface area contributed by atoms with Crippen molar-refractivity contribution in [3.05, 3.63) is 59.7 Å². The SMILES string of the molecule is O=C(O)c1ccc(-c2ccc(C(=O)O)cc2)cc1.[H-].[H-].[Na+].[Na+]. The van der Waals surface area contributed by atoms with Gasteiger partial charge in [-0.3, -0.25) is 0 Å². The van der Waals surface area contributed by atoms with Gasteiger partial charge in [0.1, 0.15) is 0 Å². The van der Waals surface area contributed by atoms with Crippen molar-refractivity contribution >= 4 is 11.9 Å². The number of aromatic carboxylic acids is 2. The van der Waals surface area contributed by atoms with E-state index in [1.807, 2.05) is 0 Å². The molecule has 4 nitrogen and oxygen atoms in total. The van der Waals surface area contributed by atoms with Gasteiger partial charge in [0.25, 0.3) is 0 Å². The summed E-state index contributed by atoms with van der Waals surface area (Å²) in [5.74, 6) is -1.94. The van der Waals surface area contributed by atoms with Gasteiger partial charge in [0.05, 0.1) is 11.1 Å². The molecule has 2 rings (SSSR count). The Kier molecular flexibility index (Phi) is 8.35. The van der Waals surface area contributed by atoms with Crippen LogP contribution in [-0.2, 0) is 0 Å². The number of carbonyl (C=O) groups is 2. The molecule has 6 heteroatoms. The summed E-state index contributed by atoms with van der Waals surface area (Å²) in [5.41, 5.74) is 2.13. The maximum atomic E-state index is 10.7. The maximum Gasteiger partial charge on any atom is 1.00 e. The fraction of sp³-hybridized carbons (Fsp3) is 0. The molecule has 0 bridgehead atoms. The predicted molar refractivity (Wildman–Crippen MR) is 68.0 cm³/mol. The minimum Gasteiger partial charge on any atom is -1.00 e. The molecule has 0 unspecified atom stereocenters. The predicted octanol–water partition coefficient (Wildman–Crippen LogP) is -3.02. The molecular formula is C14H12Na2O4. The Balaban J connectivity index is -0.000000902. The van der Waals surface area contributed by atoms with E-state index in [0.29, 0.717) is 0 Å². The van der Waals surface area contributed by atoms with Gasteiger partial charge in [0.15, 0.2) is 0 Å². The first kappa shape index (κ1) is 19.4. The third kappa shape index (κ3) is 4.74. The molecule has 0 fully saturated rings. The van der Waals surface area contributed by atoms with Gasteiger partial charge >= 0.3 is 71.1 Å². The molecule has 0 aliphatic heterocycles. The van der Waals surface area contributed by atoms with Crippen LogP contribution in [0.5, 0.6) is 0 Å². The van der Waals surface area contributed by atoms with Crippen molar-refractivity contribution < 1.29 is 81.8 Å². The number of hydrogen-bond donors (Lipinski definition) is 2. The molecule has 0 spiro atoms. The van der Waals surface area contributed by atoms with Crippen molar-refractivity contribution in [2.24, 2.45) is 0 Å². The van der Waals surface area contributed by atoms with E-state index in [0.717, 1.165) is 11.1 Å². The summed E-state index contributed by atoms with van der Waals surface area (Å²) in [6, 6.07) is 12.8. The van der Waals surface area contributed by atoms with E-state index in [2.05, 4.69) is 0 Å². The zero-order valence-corrected chi connectivity index (χ0v) is 15.3. The smallest absolute Gasteiger partial charge is 1.00 e. The van der Waals surface area contributed by atoms with Crippen molar-refractivity contribution in [2.75, 3.05) is 0 Å². The fourth-order valence-corrected chi connectivity index (χ4v) is 1.61. The quantitative estimate of drug-likeness (QED) is 0.590. The monoisotopic (exact) mass is 290 g/mol. The molecule has 0 aliphatic carbocycles. The van der Waals surface area contributed by atoms with E-state index >= 15 is 0 Å². The molecule has 0 radical (unpaired) electrons. The molecule has 2 N–H and O–H groups in total. The second-order valence-corrected chi connectivity index (χ2v) is 3.77. The van der Waals surface area contributed by atoms with Crippen molar-refractivity contribution in [1.82, 2.24) is 0 Å². The Hall–Kier alpha value is -0.620. The van der Waals surface area contributed by atoms with Crippen LogP contribution < -0.4 is 59.1 Å². The number of benzene rings is 2. The minimum absolute atomic E-state index is 0. The fourth-order valence-electron chi connectivity index (χ4n) is 1.61. The molecule has 0 aliphatic rings. The van der Waals surface area contributed by atoms with Crippen LogP contribution in [-0.4, -0.2) is 22.2 Å². The van der Waals surface area contributed by atoms with E-state index < -0.39 is 11.9 Å². The van der Waals surface area contributed by atoms with Gasteiger partial charge in [-0.25, -0.2) is 9.59 Å². The van der Waals surface area contributed by atoms with E-state index in [1.165, 1.54) is 24.3 Å². The molecule has 0 saturated carbocycles. The average molecular weight is 290 g/mol. The summed E-state index contributed by atoms with van der Waals surface area (Å²) >= 11 is 0.